The number of esters is 1. The first kappa shape index (κ1) is 20.7. The number of carbonyl (C=O) groups excluding carboxylic acids is 1. The highest BCUT2D eigenvalue weighted by Crippen LogP contribution is 2.32. The fourth-order valence-electron chi connectivity index (χ4n) is 2.87. The van der Waals surface area contributed by atoms with Crippen LogP contribution in [0, 0.1) is 5.82 Å². The van der Waals surface area contributed by atoms with Crippen molar-refractivity contribution < 1.29 is 26.8 Å². The van der Waals surface area contributed by atoms with E-state index in [1.807, 2.05) is 0 Å². The summed E-state index contributed by atoms with van der Waals surface area (Å²) < 4.78 is 48.0. The lowest BCUT2D eigenvalue weighted by molar-refractivity contribution is -0.143. The first-order valence-electron chi connectivity index (χ1n) is 8.98. The van der Waals surface area contributed by atoms with Crippen LogP contribution in [0.5, 0.6) is 0 Å². The Morgan fingerprint density at radius 2 is 1.83 bits per heavy atom. The van der Waals surface area contributed by atoms with Gasteiger partial charge in [-0.1, -0.05) is 18.2 Å². The Labute approximate surface area is 168 Å². The average molecular weight is 417 g/mol. The molecule has 1 aromatic heterocycles. The lowest BCUT2D eigenvalue weighted by atomic mass is 10.0. The van der Waals surface area contributed by atoms with Crippen LogP contribution in [0.2, 0.25) is 0 Å². The number of oxazole rings is 1. The van der Waals surface area contributed by atoms with Gasteiger partial charge in [-0.05, 0) is 36.8 Å². The van der Waals surface area contributed by atoms with Gasteiger partial charge in [-0.3, -0.25) is 4.79 Å². The number of carbonyl (C=O) groups is 1. The maximum atomic E-state index is 13.3. The van der Waals surface area contributed by atoms with Crippen molar-refractivity contribution >= 4 is 15.8 Å². The summed E-state index contributed by atoms with van der Waals surface area (Å²) in [6.45, 7) is 2.05. The van der Waals surface area contributed by atoms with Crippen molar-refractivity contribution in [1.82, 2.24) is 4.98 Å². The average Bonchev–Trinajstić information content (AvgIpc) is 3.15. The molecule has 0 spiro atoms. The molecule has 0 fully saturated rings. The Morgan fingerprint density at radius 1 is 1.14 bits per heavy atom. The molecule has 8 heteroatoms. The molecule has 152 valence electrons. The highest BCUT2D eigenvalue weighted by molar-refractivity contribution is 7.90. The number of rotatable bonds is 7. The summed E-state index contributed by atoms with van der Waals surface area (Å²) >= 11 is 0. The second kappa shape index (κ2) is 8.57. The third-order valence-electron chi connectivity index (χ3n) is 4.23. The molecule has 0 atom stereocenters. The van der Waals surface area contributed by atoms with Crippen LogP contribution in [0.1, 0.15) is 19.2 Å². The molecule has 2 aromatic carbocycles. The normalized spacial score (nSPS) is 11.4. The summed E-state index contributed by atoms with van der Waals surface area (Å²) in [5.41, 5.74) is 2.16. The fourth-order valence-corrected chi connectivity index (χ4v) is 3.76. The van der Waals surface area contributed by atoms with E-state index in [4.69, 9.17) is 9.15 Å². The molecule has 1 heterocycles. The topological polar surface area (TPSA) is 86.5 Å². The molecule has 0 saturated heterocycles. The molecule has 3 rings (SSSR count). The van der Waals surface area contributed by atoms with Crippen molar-refractivity contribution in [2.24, 2.45) is 0 Å². The maximum Gasteiger partial charge on any atom is 0.306 e. The van der Waals surface area contributed by atoms with Crippen LogP contribution >= 0.6 is 0 Å². The molecule has 6 nitrogen and oxygen atoms in total. The van der Waals surface area contributed by atoms with Gasteiger partial charge in [0.2, 0.25) is 0 Å². The molecule has 0 bridgehead atoms. The van der Waals surface area contributed by atoms with Crippen molar-refractivity contribution in [3.8, 4) is 22.4 Å². The fraction of sp³-hybridized carbons (Fsp3) is 0.238. The van der Waals surface area contributed by atoms with E-state index < -0.39 is 15.7 Å². The zero-order valence-corrected chi connectivity index (χ0v) is 16.8. The van der Waals surface area contributed by atoms with Crippen molar-refractivity contribution in [1.29, 1.82) is 0 Å². The van der Waals surface area contributed by atoms with E-state index in [-0.39, 0.29) is 17.3 Å². The standard InChI is InChI=1S/C21H20FNO5S/c1-3-27-21(24)11-10-20-23-18(13-28-20)15-6-9-19(29(2,25)26)17(12-15)14-4-7-16(22)8-5-14/h4-9,12-13H,3,10-11H2,1-2H3. The lowest BCUT2D eigenvalue weighted by Gasteiger charge is -2.10. The van der Waals surface area contributed by atoms with Gasteiger partial charge in [-0.15, -0.1) is 0 Å². The largest absolute Gasteiger partial charge is 0.466 e. The molecule has 3 aromatic rings. The number of benzene rings is 2. The van der Waals surface area contributed by atoms with Gasteiger partial charge in [0, 0.05) is 23.8 Å². The summed E-state index contributed by atoms with van der Waals surface area (Å²) in [6.07, 6.45) is 3.02. The highest BCUT2D eigenvalue weighted by atomic mass is 32.2. The number of hydrogen-bond acceptors (Lipinski definition) is 6. The van der Waals surface area contributed by atoms with Gasteiger partial charge in [0.25, 0.3) is 0 Å². The molecule has 0 aliphatic heterocycles. The van der Waals surface area contributed by atoms with Crippen LogP contribution in [-0.2, 0) is 25.8 Å². The second-order valence-electron chi connectivity index (χ2n) is 6.42. The Bertz CT molecular complexity index is 1120. The molecule has 0 saturated carbocycles. The molecule has 0 unspecified atom stereocenters. The summed E-state index contributed by atoms with van der Waals surface area (Å²) in [5, 5.41) is 0. The number of sulfone groups is 1. The molecule has 29 heavy (non-hydrogen) atoms. The Hall–Kier alpha value is -3.00. The molecule has 0 N–H and O–H groups in total. The van der Waals surface area contributed by atoms with E-state index in [1.54, 1.807) is 19.1 Å². The van der Waals surface area contributed by atoms with Gasteiger partial charge in [-0.2, -0.15) is 0 Å². The third-order valence-corrected chi connectivity index (χ3v) is 5.39. The first-order chi connectivity index (χ1) is 13.8. The summed E-state index contributed by atoms with van der Waals surface area (Å²) in [5.74, 6) is -0.361. The lowest BCUT2D eigenvalue weighted by Crippen LogP contribution is -2.05. The zero-order valence-electron chi connectivity index (χ0n) is 16.0. The SMILES string of the molecule is CCOC(=O)CCc1nc(-c2ccc(S(C)(=O)=O)c(-c3ccc(F)cc3)c2)co1. The smallest absolute Gasteiger partial charge is 0.306 e. The molecular formula is C21H20FNO5S. The van der Waals surface area contributed by atoms with Crippen molar-refractivity contribution in [3.05, 3.63) is 60.4 Å². The van der Waals surface area contributed by atoms with Crippen LogP contribution in [-0.4, -0.2) is 32.2 Å². The van der Waals surface area contributed by atoms with Gasteiger partial charge in [0.1, 0.15) is 17.8 Å². The Balaban J connectivity index is 1.94. The molecular weight excluding hydrogens is 397 g/mol. The monoisotopic (exact) mass is 417 g/mol. The van der Waals surface area contributed by atoms with Gasteiger partial charge in [0.15, 0.2) is 15.7 Å². The van der Waals surface area contributed by atoms with Gasteiger partial charge >= 0.3 is 5.97 Å². The minimum Gasteiger partial charge on any atom is -0.466 e. The van der Waals surface area contributed by atoms with E-state index in [2.05, 4.69) is 4.98 Å². The molecule has 0 aliphatic carbocycles. The minimum absolute atomic E-state index is 0.138. The predicted molar refractivity (Wildman–Crippen MR) is 105 cm³/mol. The summed E-state index contributed by atoms with van der Waals surface area (Å²) in [6, 6.07) is 10.4. The van der Waals surface area contributed by atoms with Crippen LogP contribution < -0.4 is 0 Å². The Kier molecular flexibility index (Phi) is 6.12. The highest BCUT2D eigenvalue weighted by Gasteiger charge is 2.17. The first-order valence-corrected chi connectivity index (χ1v) is 10.9. The van der Waals surface area contributed by atoms with Gasteiger partial charge in [-0.25, -0.2) is 17.8 Å². The number of aromatic nitrogens is 1. The predicted octanol–water partition coefficient (Wildman–Crippen LogP) is 4.05. The van der Waals surface area contributed by atoms with Crippen molar-refractivity contribution in [2.45, 2.75) is 24.7 Å². The number of nitrogens with zero attached hydrogens (tertiary/aromatic N) is 1. The van der Waals surface area contributed by atoms with Crippen LogP contribution in [0.3, 0.4) is 0 Å². The second-order valence-corrected chi connectivity index (χ2v) is 8.41. The van der Waals surface area contributed by atoms with E-state index in [0.29, 0.717) is 41.3 Å². The summed E-state index contributed by atoms with van der Waals surface area (Å²) in [7, 11) is -3.50. The van der Waals surface area contributed by atoms with Crippen LogP contribution in [0.25, 0.3) is 22.4 Å². The van der Waals surface area contributed by atoms with Gasteiger partial charge < -0.3 is 9.15 Å². The number of halogens is 1. The number of ether oxygens (including phenoxy) is 1. The van der Waals surface area contributed by atoms with E-state index in [0.717, 1.165) is 6.26 Å². The molecule has 0 amide bonds. The van der Waals surface area contributed by atoms with E-state index in [9.17, 15) is 17.6 Å². The third kappa shape index (κ3) is 5.08. The number of hydrogen-bond donors (Lipinski definition) is 0. The summed E-state index contributed by atoms with van der Waals surface area (Å²) in [4.78, 5) is 16.0. The van der Waals surface area contributed by atoms with Crippen LogP contribution in [0.4, 0.5) is 4.39 Å². The Morgan fingerprint density at radius 3 is 2.48 bits per heavy atom. The van der Waals surface area contributed by atoms with Crippen LogP contribution in [0.15, 0.2) is 58.0 Å². The van der Waals surface area contributed by atoms with Crippen molar-refractivity contribution in [3.63, 3.8) is 0 Å². The van der Waals surface area contributed by atoms with E-state index >= 15 is 0 Å². The maximum absolute atomic E-state index is 13.3. The van der Waals surface area contributed by atoms with Crippen molar-refractivity contribution in [2.75, 3.05) is 12.9 Å². The molecule has 0 aliphatic rings. The quantitative estimate of drug-likeness (QED) is 0.539. The van der Waals surface area contributed by atoms with E-state index in [1.165, 1.54) is 36.6 Å². The van der Waals surface area contributed by atoms with Gasteiger partial charge in [0.05, 0.1) is 17.9 Å². The molecule has 0 radical (unpaired) electrons. The minimum atomic E-state index is -3.50. The number of aryl methyl sites for hydroxylation is 1. The zero-order chi connectivity index (χ0) is 21.0.